The number of rotatable bonds is 5. The minimum absolute atomic E-state index is 0.156. The number of carbonyl (C=O) groups is 1. The zero-order chi connectivity index (χ0) is 13.8. The van der Waals surface area contributed by atoms with Gasteiger partial charge in [0, 0.05) is 18.9 Å². The number of carbonyl (C=O) groups excluding carboxylic acids is 1. The van der Waals surface area contributed by atoms with Gasteiger partial charge < -0.3 is 14.4 Å². The Kier molecular flexibility index (Phi) is 4.43. The molecule has 1 unspecified atom stereocenters. The Morgan fingerprint density at radius 3 is 2.95 bits per heavy atom. The van der Waals surface area contributed by atoms with Gasteiger partial charge in [0.25, 0.3) is 0 Å². The van der Waals surface area contributed by atoms with Gasteiger partial charge in [-0.15, -0.1) is 0 Å². The maximum absolute atomic E-state index is 11.3. The van der Waals surface area contributed by atoms with Crippen LogP contribution < -0.4 is 4.74 Å². The zero-order valence-electron chi connectivity index (χ0n) is 11.8. The lowest BCUT2D eigenvalue weighted by Crippen LogP contribution is -2.21. The van der Waals surface area contributed by atoms with Crippen molar-refractivity contribution >= 4 is 5.97 Å². The van der Waals surface area contributed by atoms with Gasteiger partial charge in [-0.1, -0.05) is 12.1 Å². The van der Waals surface area contributed by atoms with Crippen LogP contribution in [-0.4, -0.2) is 38.7 Å². The van der Waals surface area contributed by atoms with E-state index in [1.54, 1.807) is 0 Å². The predicted molar refractivity (Wildman–Crippen MR) is 73.3 cm³/mol. The highest BCUT2D eigenvalue weighted by Gasteiger charge is 2.19. The summed E-state index contributed by atoms with van der Waals surface area (Å²) in [6, 6.07) is 6.55. The van der Waals surface area contributed by atoms with E-state index in [1.165, 1.54) is 18.2 Å². The highest BCUT2D eigenvalue weighted by Crippen LogP contribution is 2.31. The molecule has 0 amide bonds. The minimum atomic E-state index is -0.156. The van der Waals surface area contributed by atoms with Gasteiger partial charge in [-0.3, -0.25) is 4.79 Å². The van der Waals surface area contributed by atoms with Gasteiger partial charge in [0.2, 0.25) is 0 Å². The summed E-state index contributed by atoms with van der Waals surface area (Å²) in [5.74, 6) is 0.838. The average molecular weight is 263 g/mol. The molecule has 0 N–H and O–H groups in total. The van der Waals surface area contributed by atoms with E-state index in [0.717, 1.165) is 25.2 Å². The van der Waals surface area contributed by atoms with E-state index in [1.807, 2.05) is 20.2 Å². The Hall–Kier alpha value is -1.55. The molecule has 0 fully saturated rings. The quantitative estimate of drug-likeness (QED) is 0.763. The molecule has 4 heteroatoms. The number of esters is 1. The monoisotopic (exact) mass is 263 g/mol. The molecular formula is C15H21NO3. The molecule has 1 aliphatic heterocycles. The maximum atomic E-state index is 11.3. The number of hydrogen-bond acceptors (Lipinski definition) is 4. The summed E-state index contributed by atoms with van der Waals surface area (Å²) >= 11 is 0. The van der Waals surface area contributed by atoms with E-state index in [-0.39, 0.29) is 12.0 Å². The molecule has 0 aliphatic carbocycles. The lowest BCUT2D eigenvalue weighted by atomic mass is 9.98. The molecule has 2 rings (SSSR count). The van der Waals surface area contributed by atoms with E-state index in [9.17, 15) is 4.79 Å². The Balaban J connectivity index is 2.12. The first kappa shape index (κ1) is 13.9. The zero-order valence-corrected chi connectivity index (χ0v) is 11.8. The number of nitrogens with zero attached hydrogens (tertiary/aromatic N) is 1. The smallest absolute Gasteiger partial charge is 0.305 e. The fourth-order valence-electron chi connectivity index (χ4n) is 2.49. The third kappa shape index (κ3) is 3.26. The van der Waals surface area contributed by atoms with E-state index in [4.69, 9.17) is 9.47 Å². The molecule has 19 heavy (non-hydrogen) atoms. The summed E-state index contributed by atoms with van der Waals surface area (Å²) in [5.41, 5.74) is 2.50. The van der Waals surface area contributed by atoms with Crippen molar-refractivity contribution in [2.45, 2.75) is 25.3 Å². The van der Waals surface area contributed by atoms with Crippen LogP contribution in [-0.2, 0) is 16.0 Å². The van der Waals surface area contributed by atoms with E-state index >= 15 is 0 Å². The van der Waals surface area contributed by atoms with Gasteiger partial charge in [-0.2, -0.15) is 0 Å². The van der Waals surface area contributed by atoms with Crippen molar-refractivity contribution in [3.05, 3.63) is 29.3 Å². The first-order valence-corrected chi connectivity index (χ1v) is 6.60. The second kappa shape index (κ2) is 6.06. The standard InChI is InChI=1S/C15H21NO3/c1-16(2)13(5-7-15(17)18-3)11-4-6-14-12(10-11)8-9-19-14/h4,6,10,13H,5,7-9H2,1-3H3. The molecule has 1 aromatic rings. The molecule has 0 saturated heterocycles. The average Bonchev–Trinajstić information content (AvgIpc) is 2.85. The SMILES string of the molecule is COC(=O)CCC(c1ccc2c(c1)CCO2)N(C)C. The summed E-state index contributed by atoms with van der Waals surface area (Å²) in [7, 11) is 5.50. The van der Waals surface area contributed by atoms with E-state index in [0.29, 0.717) is 6.42 Å². The van der Waals surface area contributed by atoms with Crippen LogP contribution in [0.3, 0.4) is 0 Å². The molecule has 1 aliphatic rings. The molecule has 0 aromatic heterocycles. The fourth-order valence-corrected chi connectivity index (χ4v) is 2.49. The topological polar surface area (TPSA) is 38.8 Å². The highest BCUT2D eigenvalue weighted by atomic mass is 16.5. The Labute approximate surface area is 114 Å². The first-order valence-electron chi connectivity index (χ1n) is 6.60. The lowest BCUT2D eigenvalue weighted by molar-refractivity contribution is -0.141. The Bertz CT molecular complexity index is 457. The summed E-state index contributed by atoms with van der Waals surface area (Å²) in [6.07, 6.45) is 2.17. The summed E-state index contributed by atoms with van der Waals surface area (Å²) in [6.45, 7) is 0.771. The third-order valence-electron chi connectivity index (χ3n) is 3.57. The molecule has 0 bridgehead atoms. The van der Waals surface area contributed by atoms with E-state index < -0.39 is 0 Å². The first-order chi connectivity index (χ1) is 9.11. The van der Waals surface area contributed by atoms with Crippen LogP contribution in [0.1, 0.15) is 30.0 Å². The van der Waals surface area contributed by atoms with Crippen LogP contribution >= 0.6 is 0 Å². The molecule has 4 nitrogen and oxygen atoms in total. The molecule has 1 atom stereocenters. The number of fused-ring (bicyclic) bond motifs is 1. The van der Waals surface area contributed by atoms with Gasteiger partial charge in [-0.25, -0.2) is 0 Å². The summed E-state index contributed by atoms with van der Waals surface area (Å²) in [5, 5.41) is 0. The van der Waals surface area contributed by atoms with Crippen LogP contribution in [0.15, 0.2) is 18.2 Å². The molecule has 0 radical (unpaired) electrons. The van der Waals surface area contributed by atoms with Gasteiger partial charge >= 0.3 is 5.97 Å². The molecular weight excluding hydrogens is 242 g/mol. The Morgan fingerprint density at radius 2 is 2.26 bits per heavy atom. The number of methoxy groups -OCH3 is 1. The molecule has 0 saturated carbocycles. The fraction of sp³-hybridized carbons (Fsp3) is 0.533. The molecule has 1 aromatic carbocycles. The predicted octanol–water partition coefficient (Wildman–Crippen LogP) is 2.18. The van der Waals surface area contributed by atoms with Crippen molar-refractivity contribution in [2.24, 2.45) is 0 Å². The van der Waals surface area contributed by atoms with Crippen LogP contribution in [0.5, 0.6) is 5.75 Å². The maximum Gasteiger partial charge on any atom is 0.305 e. The second-order valence-corrected chi connectivity index (χ2v) is 5.06. The van der Waals surface area contributed by atoms with Crippen LogP contribution in [0.2, 0.25) is 0 Å². The van der Waals surface area contributed by atoms with Crippen molar-refractivity contribution < 1.29 is 14.3 Å². The lowest BCUT2D eigenvalue weighted by Gasteiger charge is -2.24. The van der Waals surface area contributed by atoms with Crippen LogP contribution in [0.25, 0.3) is 0 Å². The van der Waals surface area contributed by atoms with Crippen molar-refractivity contribution in [3.63, 3.8) is 0 Å². The Morgan fingerprint density at radius 1 is 1.47 bits per heavy atom. The second-order valence-electron chi connectivity index (χ2n) is 5.06. The summed E-state index contributed by atoms with van der Waals surface area (Å²) < 4.78 is 10.2. The summed E-state index contributed by atoms with van der Waals surface area (Å²) in [4.78, 5) is 13.4. The molecule has 1 heterocycles. The molecule has 104 valence electrons. The number of benzene rings is 1. The largest absolute Gasteiger partial charge is 0.493 e. The third-order valence-corrected chi connectivity index (χ3v) is 3.57. The van der Waals surface area contributed by atoms with Crippen molar-refractivity contribution in [3.8, 4) is 5.75 Å². The molecule has 0 spiro atoms. The minimum Gasteiger partial charge on any atom is -0.493 e. The van der Waals surface area contributed by atoms with Gasteiger partial charge in [0.1, 0.15) is 5.75 Å². The van der Waals surface area contributed by atoms with Crippen molar-refractivity contribution in [1.29, 1.82) is 0 Å². The van der Waals surface area contributed by atoms with Gasteiger partial charge in [0.05, 0.1) is 13.7 Å². The highest BCUT2D eigenvalue weighted by molar-refractivity contribution is 5.69. The van der Waals surface area contributed by atoms with Crippen molar-refractivity contribution in [1.82, 2.24) is 4.90 Å². The van der Waals surface area contributed by atoms with Crippen molar-refractivity contribution in [2.75, 3.05) is 27.8 Å². The van der Waals surface area contributed by atoms with Crippen LogP contribution in [0, 0.1) is 0 Å². The number of ether oxygens (including phenoxy) is 2. The van der Waals surface area contributed by atoms with Crippen LogP contribution in [0.4, 0.5) is 0 Å². The van der Waals surface area contributed by atoms with Gasteiger partial charge in [-0.05, 0) is 37.7 Å². The van der Waals surface area contributed by atoms with E-state index in [2.05, 4.69) is 17.0 Å². The normalized spacial score (nSPS) is 14.9. The van der Waals surface area contributed by atoms with Gasteiger partial charge in [0.15, 0.2) is 0 Å². The number of hydrogen-bond donors (Lipinski definition) is 0.